The molecule has 1 rings (SSSR count). The Morgan fingerprint density at radius 3 is 2.47 bits per heavy atom. The number of unbranched alkanes of at least 4 members (excludes halogenated alkanes) is 1. The number of carboxylic acids is 1. The predicted octanol–water partition coefficient (Wildman–Crippen LogP) is 3.88. The molecule has 0 aromatic heterocycles. The minimum atomic E-state index is -0.725. The molecule has 3 N–H and O–H groups in total. The standard InChI is InChI=1S/C11H12I3NO2/c12-7-5-8(13)11(15)10(14)6(7)3-1-2-4-9(16)17/h5H,1-4,15H2,(H,16,17). The molecule has 1 aromatic carbocycles. The van der Waals surface area contributed by atoms with E-state index >= 15 is 0 Å². The fourth-order valence-corrected chi connectivity index (χ4v) is 5.37. The number of nitrogen functional groups attached to an aromatic ring is 1. The molecule has 6 heteroatoms. The van der Waals surface area contributed by atoms with Crippen LogP contribution in [0.15, 0.2) is 6.07 Å². The van der Waals surface area contributed by atoms with Gasteiger partial charge in [0.25, 0.3) is 0 Å². The molecule has 94 valence electrons. The summed E-state index contributed by atoms with van der Waals surface area (Å²) in [7, 11) is 0. The van der Waals surface area contributed by atoms with Crippen molar-refractivity contribution >= 4 is 79.4 Å². The minimum Gasteiger partial charge on any atom is -0.481 e. The number of nitrogens with two attached hydrogens (primary N) is 1. The molecule has 0 unspecified atom stereocenters. The van der Waals surface area contributed by atoms with Crippen molar-refractivity contribution in [2.75, 3.05) is 5.73 Å². The molecule has 0 radical (unpaired) electrons. The summed E-state index contributed by atoms with van der Waals surface area (Å²) >= 11 is 6.82. The number of halogens is 3. The second kappa shape index (κ2) is 7.31. The van der Waals surface area contributed by atoms with Crippen LogP contribution in [0, 0.1) is 10.7 Å². The van der Waals surface area contributed by atoms with Gasteiger partial charge in [-0.25, -0.2) is 0 Å². The van der Waals surface area contributed by atoms with Crippen LogP contribution in [-0.4, -0.2) is 11.1 Å². The van der Waals surface area contributed by atoms with Crippen molar-refractivity contribution in [1.82, 2.24) is 0 Å². The van der Waals surface area contributed by atoms with E-state index in [9.17, 15) is 4.79 Å². The van der Waals surface area contributed by atoms with Crippen LogP contribution in [0.1, 0.15) is 24.8 Å². The average Bonchev–Trinajstić information content (AvgIpc) is 2.24. The van der Waals surface area contributed by atoms with Crippen LogP contribution in [0.3, 0.4) is 0 Å². The van der Waals surface area contributed by atoms with E-state index in [2.05, 4.69) is 73.8 Å². The van der Waals surface area contributed by atoms with Crippen molar-refractivity contribution in [1.29, 1.82) is 0 Å². The molecule has 0 aliphatic carbocycles. The first-order chi connectivity index (χ1) is 7.93. The van der Waals surface area contributed by atoms with Gasteiger partial charge in [0, 0.05) is 17.1 Å². The Hall–Kier alpha value is 0.680. The van der Waals surface area contributed by atoms with Crippen molar-refractivity contribution in [2.24, 2.45) is 0 Å². The Morgan fingerprint density at radius 2 is 1.88 bits per heavy atom. The number of aliphatic carboxylic acids is 1. The summed E-state index contributed by atoms with van der Waals surface area (Å²) in [6.45, 7) is 0. The van der Waals surface area contributed by atoms with Crippen molar-refractivity contribution in [2.45, 2.75) is 25.7 Å². The molecule has 0 heterocycles. The smallest absolute Gasteiger partial charge is 0.303 e. The summed E-state index contributed by atoms with van der Waals surface area (Å²) in [6, 6.07) is 2.07. The zero-order valence-electron chi connectivity index (χ0n) is 8.97. The van der Waals surface area contributed by atoms with Crippen LogP contribution in [0.2, 0.25) is 0 Å². The Labute approximate surface area is 141 Å². The maximum Gasteiger partial charge on any atom is 0.303 e. The molecular weight excluding hydrogens is 559 g/mol. The van der Waals surface area contributed by atoms with E-state index in [0.717, 1.165) is 25.7 Å². The number of hydrogen-bond donors (Lipinski definition) is 2. The molecular formula is C11H12I3NO2. The molecule has 0 spiro atoms. The lowest BCUT2D eigenvalue weighted by atomic mass is 10.1. The highest BCUT2D eigenvalue weighted by Gasteiger charge is 2.11. The first-order valence-corrected chi connectivity index (χ1v) is 8.30. The first kappa shape index (κ1) is 15.7. The second-order valence-electron chi connectivity index (χ2n) is 3.65. The van der Waals surface area contributed by atoms with Crippen LogP contribution in [0.4, 0.5) is 5.69 Å². The number of rotatable bonds is 5. The van der Waals surface area contributed by atoms with Gasteiger partial charge >= 0.3 is 5.97 Å². The maximum absolute atomic E-state index is 10.4. The second-order valence-corrected chi connectivity index (χ2v) is 7.05. The zero-order chi connectivity index (χ0) is 13.0. The van der Waals surface area contributed by atoms with Gasteiger partial charge in [0.1, 0.15) is 0 Å². The monoisotopic (exact) mass is 571 g/mol. The summed E-state index contributed by atoms with van der Waals surface area (Å²) in [5.41, 5.74) is 8.07. The lowest BCUT2D eigenvalue weighted by Crippen LogP contribution is -2.02. The summed E-state index contributed by atoms with van der Waals surface area (Å²) < 4.78 is 3.39. The van der Waals surface area contributed by atoms with E-state index in [1.54, 1.807) is 0 Å². The van der Waals surface area contributed by atoms with Crippen LogP contribution in [0.5, 0.6) is 0 Å². The van der Waals surface area contributed by atoms with Crippen LogP contribution >= 0.6 is 67.8 Å². The molecule has 0 saturated carbocycles. The molecule has 1 aromatic rings. The molecule has 17 heavy (non-hydrogen) atoms. The fourth-order valence-electron chi connectivity index (χ4n) is 1.46. The molecule has 0 atom stereocenters. The van der Waals surface area contributed by atoms with Crippen LogP contribution in [-0.2, 0) is 11.2 Å². The maximum atomic E-state index is 10.4. The first-order valence-electron chi connectivity index (χ1n) is 5.07. The highest BCUT2D eigenvalue weighted by atomic mass is 127. The molecule has 0 aliphatic rings. The summed E-state index contributed by atoms with van der Waals surface area (Å²) in [5.74, 6) is -0.725. The molecule has 0 bridgehead atoms. The number of carbonyl (C=O) groups is 1. The van der Waals surface area contributed by atoms with Crippen molar-refractivity contribution in [3.8, 4) is 0 Å². The van der Waals surface area contributed by atoms with E-state index in [0.29, 0.717) is 6.42 Å². The van der Waals surface area contributed by atoms with Gasteiger partial charge in [-0.3, -0.25) is 4.79 Å². The third kappa shape index (κ3) is 4.69. The number of carboxylic acid groups (broad SMARTS) is 1. The minimum absolute atomic E-state index is 0.243. The third-order valence-electron chi connectivity index (χ3n) is 2.37. The van der Waals surface area contributed by atoms with Gasteiger partial charge in [0.2, 0.25) is 0 Å². The van der Waals surface area contributed by atoms with Gasteiger partial charge in [0.05, 0.1) is 5.69 Å². The Balaban J connectivity index is 2.71. The lowest BCUT2D eigenvalue weighted by molar-refractivity contribution is -0.137. The van der Waals surface area contributed by atoms with Crippen molar-refractivity contribution in [3.63, 3.8) is 0 Å². The highest BCUT2D eigenvalue weighted by Crippen LogP contribution is 2.30. The summed E-state index contributed by atoms with van der Waals surface area (Å²) in [5, 5.41) is 8.58. The van der Waals surface area contributed by atoms with Crippen molar-refractivity contribution in [3.05, 3.63) is 22.3 Å². The Bertz CT molecular complexity index is 435. The van der Waals surface area contributed by atoms with Gasteiger partial charge < -0.3 is 10.8 Å². The largest absolute Gasteiger partial charge is 0.481 e. The predicted molar refractivity (Wildman–Crippen MR) is 94.2 cm³/mol. The lowest BCUT2D eigenvalue weighted by Gasteiger charge is -2.11. The van der Waals surface area contributed by atoms with Crippen LogP contribution < -0.4 is 5.73 Å². The number of anilines is 1. The average molecular weight is 571 g/mol. The summed E-state index contributed by atoms with van der Waals surface area (Å²) in [6.07, 6.45) is 2.74. The molecule has 3 nitrogen and oxygen atoms in total. The third-order valence-corrected chi connectivity index (χ3v) is 5.46. The molecule has 0 aliphatic heterocycles. The van der Waals surface area contributed by atoms with Crippen molar-refractivity contribution < 1.29 is 9.90 Å². The molecule has 0 fully saturated rings. The van der Waals surface area contributed by atoms with E-state index in [1.807, 2.05) is 0 Å². The fraction of sp³-hybridized carbons (Fsp3) is 0.364. The Kier molecular flexibility index (Phi) is 6.77. The van der Waals surface area contributed by atoms with Gasteiger partial charge in [-0.2, -0.15) is 0 Å². The molecule has 0 amide bonds. The normalized spacial score (nSPS) is 10.5. The van der Waals surface area contributed by atoms with E-state index < -0.39 is 5.97 Å². The number of hydrogen-bond acceptors (Lipinski definition) is 2. The van der Waals surface area contributed by atoms with E-state index in [-0.39, 0.29) is 6.42 Å². The topological polar surface area (TPSA) is 63.3 Å². The summed E-state index contributed by atoms with van der Waals surface area (Å²) in [4.78, 5) is 10.4. The van der Waals surface area contributed by atoms with Gasteiger partial charge in [0.15, 0.2) is 0 Å². The quantitative estimate of drug-likeness (QED) is 0.321. The zero-order valence-corrected chi connectivity index (χ0v) is 15.4. The molecule has 0 saturated heterocycles. The SMILES string of the molecule is Nc1c(I)cc(I)c(CCCCC(=O)O)c1I. The van der Waals surface area contributed by atoms with E-state index in [1.165, 1.54) is 9.13 Å². The van der Waals surface area contributed by atoms with Gasteiger partial charge in [-0.15, -0.1) is 0 Å². The van der Waals surface area contributed by atoms with Gasteiger partial charge in [-0.05, 0) is 98.7 Å². The van der Waals surface area contributed by atoms with E-state index in [4.69, 9.17) is 10.8 Å². The highest BCUT2D eigenvalue weighted by molar-refractivity contribution is 14.1. The van der Waals surface area contributed by atoms with Gasteiger partial charge in [-0.1, -0.05) is 0 Å². The Morgan fingerprint density at radius 1 is 1.24 bits per heavy atom. The number of benzene rings is 1. The van der Waals surface area contributed by atoms with Crippen LogP contribution in [0.25, 0.3) is 0 Å².